The van der Waals surface area contributed by atoms with Gasteiger partial charge in [0.25, 0.3) is 0 Å². The van der Waals surface area contributed by atoms with Crippen LogP contribution in [0.3, 0.4) is 0 Å². The Hall–Kier alpha value is -2.36. The summed E-state index contributed by atoms with van der Waals surface area (Å²) in [7, 11) is 3.10. The number of ether oxygens (including phenoxy) is 2. The molecule has 0 spiro atoms. The molecule has 0 saturated heterocycles. The molecule has 0 bridgehead atoms. The number of aryl methyl sites for hydroxylation is 1. The molecule has 0 N–H and O–H groups in total. The Bertz CT molecular complexity index is 591. The molecule has 98 valence electrons. The van der Waals surface area contributed by atoms with Gasteiger partial charge in [-0.25, -0.2) is 0 Å². The molecule has 0 radical (unpaired) electrons. The first-order valence-corrected chi connectivity index (χ1v) is 5.85. The van der Waals surface area contributed by atoms with Crippen molar-refractivity contribution in [3.05, 3.63) is 53.3 Å². The summed E-state index contributed by atoms with van der Waals surface area (Å²) in [6, 6.07) is 8.67. The predicted octanol–water partition coefficient (Wildman–Crippen LogP) is 2.64. The molecule has 2 aromatic rings. The highest BCUT2D eigenvalue weighted by molar-refractivity contribution is 6.09. The minimum Gasteiger partial charge on any atom is -0.493 e. The Morgan fingerprint density at radius 3 is 2.26 bits per heavy atom. The minimum absolute atomic E-state index is 0.0894. The number of carbonyl (C=O) groups excluding carboxylic acids is 1. The highest BCUT2D eigenvalue weighted by atomic mass is 16.5. The smallest absolute Gasteiger partial charge is 0.194 e. The number of aromatic nitrogens is 1. The quantitative estimate of drug-likeness (QED) is 0.790. The third kappa shape index (κ3) is 2.73. The standard InChI is InChI=1S/C15H15NO3/c1-10-4-5-12(9-16-10)15(17)11-6-7-13(18-2)14(8-11)19-3/h4-9H,1-3H3. The lowest BCUT2D eigenvalue weighted by molar-refractivity contribution is 0.103. The number of carbonyl (C=O) groups is 1. The van der Waals surface area contributed by atoms with Gasteiger partial charge in [-0.15, -0.1) is 0 Å². The van der Waals surface area contributed by atoms with Crippen molar-refractivity contribution >= 4 is 5.78 Å². The van der Waals surface area contributed by atoms with Crippen molar-refractivity contribution in [2.45, 2.75) is 6.92 Å². The lowest BCUT2D eigenvalue weighted by Gasteiger charge is -2.09. The lowest BCUT2D eigenvalue weighted by Crippen LogP contribution is -2.03. The Kier molecular flexibility index (Phi) is 3.80. The molecule has 0 aliphatic rings. The van der Waals surface area contributed by atoms with Crippen molar-refractivity contribution in [1.82, 2.24) is 4.98 Å². The van der Waals surface area contributed by atoms with Crippen LogP contribution in [-0.2, 0) is 0 Å². The molecule has 0 aliphatic carbocycles. The van der Waals surface area contributed by atoms with Gasteiger partial charge in [0.05, 0.1) is 14.2 Å². The van der Waals surface area contributed by atoms with E-state index in [4.69, 9.17) is 9.47 Å². The highest BCUT2D eigenvalue weighted by Crippen LogP contribution is 2.28. The maximum Gasteiger partial charge on any atom is 0.194 e. The number of hydrogen-bond acceptors (Lipinski definition) is 4. The molecule has 0 fully saturated rings. The van der Waals surface area contributed by atoms with Crippen molar-refractivity contribution in [3.63, 3.8) is 0 Å². The van der Waals surface area contributed by atoms with Crippen LogP contribution in [0.25, 0.3) is 0 Å². The number of benzene rings is 1. The van der Waals surface area contributed by atoms with E-state index in [0.29, 0.717) is 22.6 Å². The first-order chi connectivity index (χ1) is 9.15. The van der Waals surface area contributed by atoms with Gasteiger partial charge in [0.2, 0.25) is 0 Å². The van der Waals surface area contributed by atoms with E-state index in [1.165, 1.54) is 0 Å². The molecule has 1 heterocycles. The van der Waals surface area contributed by atoms with Gasteiger partial charge in [-0.05, 0) is 37.3 Å². The molecule has 2 rings (SSSR count). The topological polar surface area (TPSA) is 48.4 Å². The van der Waals surface area contributed by atoms with E-state index in [2.05, 4.69) is 4.98 Å². The van der Waals surface area contributed by atoms with Crippen LogP contribution in [0.5, 0.6) is 11.5 Å². The van der Waals surface area contributed by atoms with E-state index in [-0.39, 0.29) is 5.78 Å². The van der Waals surface area contributed by atoms with Crippen LogP contribution in [0.1, 0.15) is 21.6 Å². The average molecular weight is 257 g/mol. The molecule has 0 unspecified atom stereocenters. The first kappa shape index (κ1) is 13.1. The summed E-state index contributed by atoms with van der Waals surface area (Å²) in [5.41, 5.74) is 1.98. The summed E-state index contributed by atoms with van der Waals surface area (Å²) in [6.45, 7) is 1.88. The molecular weight excluding hydrogens is 242 g/mol. The molecule has 4 heteroatoms. The Morgan fingerprint density at radius 1 is 1.00 bits per heavy atom. The van der Waals surface area contributed by atoms with Crippen LogP contribution in [0, 0.1) is 6.92 Å². The van der Waals surface area contributed by atoms with Gasteiger partial charge in [-0.2, -0.15) is 0 Å². The zero-order valence-corrected chi connectivity index (χ0v) is 11.1. The van der Waals surface area contributed by atoms with Gasteiger partial charge in [0.15, 0.2) is 17.3 Å². The van der Waals surface area contributed by atoms with Gasteiger partial charge in [0.1, 0.15) is 0 Å². The number of hydrogen-bond donors (Lipinski definition) is 0. The summed E-state index contributed by atoms with van der Waals surface area (Å²) in [5.74, 6) is 1.04. The largest absolute Gasteiger partial charge is 0.493 e. The highest BCUT2D eigenvalue weighted by Gasteiger charge is 2.12. The summed E-state index contributed by atoms with van der Waals surface area (Å²) >= 11 is 0. The second-order valence-corrected chi connectivity index (χ2v) is 4.09. The monoisotopic (exact) mass is 257 g/mol. The Balaban J connectivity index is 2.36. The maximum atomic E-state index is 12.3. The number of pyridine rings is 1. The van der Waals surface area contributed by atoms with Crippen molar-refractivity contribution in [2.24, 2.45) is 0 Å². The van der Waals surface area contributed by atoms with Crippen LogP contribution in [0.4, 0.5) is 0 Å². The van der Waals surface area contributed by atoms with Gasteiger partial charge in [-0.1, -0.05) is 0 Å². The normalized spacial score (nSPS) is 10.1. The van der Waals surface area contributed by atoms with E-state index >= 15 is 0 Å². The molecule has 4 nitrogen and oxygen atoms in total. The summed E-state index contributed by atoms with van der Waals surface area (Å²) in [6.07, 6.45) is 1.58. The summed E-state index contributed by atoms with van der Waals surface area (Å²) in [4.78, 5) is 16.4. The molecular formula is C15H15NO3. The molecule has 0 amide bonds. The van der Waals surface area contributed by atoms with Crippen molar-refractivity contribution in [3.8, 4) is 11.5 Å². The number of nitrogens with zero attached hydrogens (tertiary/aromatic N) is 1. The van der Waals surface area contributed by atoms with Gasteiger partial charge < -0.3 is 9.47 Å². The van der Waals surface area contributed by atoms with Crippen LogP contribution in [-0.4, -0.2) is 25.0 Å². The zero-order chi connectivity index (χ0) is 13.8. The third-order valence-corrected chi connectivity index (χ3v) is 2.82. The van der Waals surface area contributed by atoms with Crippen LogP contribution >= 0.6 is 0 Å². The van der Waals surface area contributed by atoms with Crippen LogP contribution < -0.4 is 9.47 Å². The Morgan fingerprint density at radius 2 is 1.68 bits per heavy atom. The second kappa shape index (κ2) is 5.52. The molecule has 1 aromatic carbocycles. The van der Waals surface area contributed by atoms with E-state index in [1.807, 2.05) is 13.0 Å². The van der Waals surface area contributed by atoms with Crippen molar-refractivity contribution in [1.29, 1.82) is 0 Å². The van der Waals surface area contributed by atoms with Crippen molar-refractivity contribution in [2.75, 3.05) is 14.2 Å². The van der Waals surface area contributed by atoms with Gasteiger partial charge >= 0.3 is 0 Å². The maximum absolute atomic E-state index is 12.3. The van der Waals surface area contributed by atoms with E-state index in [9.17, 15) is 4.79 Å². The van der Waals surface area contributed by atoms with E-state index in [0.717, 1.165) is 5.69 Å². The second-order valence-electron chi connectivity index (χ2n) is 4.09. The SMILES string of the molecule is COc1ccc(C(=O)c2ccc(C)nc2)cc1OC. The number of rotatable bonds is 4. The molecule has 0 aliphatic heterocycles. The lowest BCUT2D eigenvalue weighted by atomic mass is 10.0. The fourth-order valence-electron chi connectivity index (χ4n) is 1.75. The average Bonchev–Trinajstić information content (AvgIpc) is 2.46. The fraction of sp³-hybridized carbons (Fsp3) is 0.200. The number of methoxy groups -OCH3 is 2. The van der Waals surface area contributed by atoms with E-state index in [1.54, 1.807) is 44.7 Å². The first-order valence-electron chi connectivity index (χ1n) is 5.85. The zero-order valence-electron chi connectivity index (χ0n) is 11.1. The van der Waals surface area contributed by atoms with Crippen LogP contribution in [0.15, 0.2) is 36.5 Å². The number of ketones is 1. The molecule has 19 heavy (non-hydrogen) atoms. The summed E-state index contributed by atoms with van der Waals surface area (Å²) in [5, 5.41) is 0. The van der Waals surface area contributed by atoms with Crippen LogP contribution in [0.2, 0.25) is 0 Å². The van der Waals surface area contributed by atoms with Crippen molar-refractivity contribution < 1.29 is 14.3 Å². The fourth-order valence-corrected chi connectivity index (χ4v) is 1.75. The molecule has 1 aromatic heterocycles. The van der Waals surface area contributed by atoms with Gasteiger partial charge in [-0.3, -0.25) is 9.78 Å². The molecule has 0 saturated carbocycles. The Labute approximate surface area is 112 Å². The van der Waals surface area contributed by atoms with Gasteiger partial charge in [0, 0.05) is 23.0 Å². The molecule has 0 atom stereocenters. The summed E-state index contributed by atoms with van der Waals surface area (Å²) < 4.78 is 10.3. The third-order valence-electron chi connectivity index (χ3n) is 2.82. The minimum atomic E-state index is -0.0894. The van der Waals surface area contributed by atoms with E-state index < -0.39 is 0 Å². The predicted molar refractivity (Wildman–Crippen MR) is 72.0 cm³/mol.